The van der Waals surface area contributed by atoms with E-state index < -0.39 is 5.60 Å². The summed E-state index contributed by atoms with van der Waals surface area (Å²) < 4.78 is 0. The van der Waals surface area contributed by atoms with Gasteiger partial charge in [0.1, 0.15) is 0 Å². The maximum Gasteiger partial charge on any atom is 0.0794 e. The molecule has 3 aliphatic rings. The molecular weight excluding hydrogens is 248 g/mol. The first kappa shape index (κ1) is 12.6. The van der Waals surface area contributed by atoms with E-state index in [2.05, 4.69) is 43.3 Å². The maximum absolute atomic E-state index is 11.4. The van der Waals surface area contributed by atoms with Crippen LogP contribution in [0.4, 0.5) is 0 Å². The Morgan fingerprint density at radius 1 is 1.15 bits per heavy atom. The summed E-state index contributed by atoms with van der Waals surface area (Å²) in [6.45, 7) is 2.08. The van der Waals surface area contributed by atoms with E-state index in [0.717, 1.165) is 25.7 Å². The molecular formula is C18H22O2. The molecule has 0 spiro atoms. The van der Waals surface area contributed by atoms with Gasteiger partial charge in [0.15, 0.2) is 0 Å². The van der Waals surface area contributed by atoms with Crippen molar-refractivity contribution < 1.29 is 10.2 Å². The Bertz CT molecular complexity index is 579. The number of rotatable bonds is 0. The van der Waals surface area contributed by atoms with Crippen molar-refractivity contribution >= 4 is 6.08 Å². The van der Waals surface area contributed by atoms with Gasteiger partial charge >= 0.3 is 0 Å². The Balaban J connectivity index is 1.82. The first-order chi connectivity index (χ1) is 9.56. The van der Waals surface area contributed by atoms with Crippen LogP contribution in [0.5, 0.6) is 0 Å². The molecule has 2 heteroatoms. The molecule has 1 aromatic rings. The molecule has 0 amide bonds. The lowest BCUT2D eigenvalue weighted by molar-refractivity contribution is -0.147. The highest BCUT2D eigenvalue weighted by Crippen LogP contribution is 2.62. The molecule has 0 aliphatic heterocycles. The molecule has 0 aromatic heterocycles. The molecule has 2 fully saturated rings. The average Bonchev–Trinajstić information content (AvgIpc) is 2.71. The van der Waals surface area contributed by atoms with E-state index in [1.165, 1.54) is 11.1 Å². The van der Waals surface area contributed by atoms with Gasteiger partial charge in [-0.05, 0) is 42.7 Å². The minimum absolute atomic E-state index is 0.147. The molecule has 0 bridgehead atoms. The zero-order chi connectivity index (χ0) is 14.0. The van der Waals surface area contributed by atoms with Crippen molar-refractivity contribution in [3.05, 3.63) is 41.5 Å². The molecule has 0 radical (unpaired) electrons. The van der Waals surface area contributed by atoms with Gasteiger partial charge in [-0.25, -0.2) is 0 Å². The molecule has 5 atom stereocenters. The molecule has 2 nitrogen and oxygen atoms in total. The molecule has 0 heterocycles. The predicted octanol–water partition coefficient (Wildman–Crippen LogP) is 3.10. The summed E-state index contributed by atoms with van der Waals surface area (Å²) in [5.41, 5.74) is 1.57. The predicted molar refractivity (Wildman–Crippen MR) is 79.2 cm³/mol. The summed E-state index contributed by atoms with van der Waals surface area (Å²) in [7, 11) is 0. The molecule has 106 valence electrons. The molecule has 4 rings (SSSR count). The van der Waals surface area contributed by atoms with Gasteiger partial charge in [0.2, 0.25) is 0 Å². The maximum atomic E-state index is 11.4. The van der Waals surface area contributed by atoms with E-state index in [1.807, 2.05) is 0 Å². The van der Waals surface area contributed by atoms with Gasteiger partial charge in [-0.1, -0.05) is 43.3 Å². The van der Waals surface area contributed by atoms with E-state index in [0.29, 0.717) is 5.92 Å². The van der Waals surface area contributed by atoms with Crippen LogP contribution in [0.1, 0.15) is 49.7 Å². The molecule has 0 saturated heterocycles. The molecule has 20 heavy (non-hydrogen) atoms. The van der Waals surface area contributed by atoms with E-state index in [4.69, 9.17) is 0 Å². The summed E-state index contributed by atoms with van der Waals surface area (Å²) in [5, 5.41) is 21.7. The fourth-order valence-corrected chi connectivity index (χ4v) is 5.00. The van der Waals surface area contributed by atoms with Crippen molar-refractivity contribution in [3.8, 4) is 0 Å². The Hall–Kier alpha value is -1.12. The molecule has 2 N–H and O–H groups in total. The fraction of sp³-hybridized carbons (Fsp3) is 0.556. The lowest BCUT2D eigenvalue weighted by atomic mass is 9.54. The number of aliphatic hydroxyl groups is 2. The normalized spacial score (nSPS) is 45.6. The summed E-state index contributed by atoms with van der Waals surface area (Å²) in [6.07, 6.45) is 7.41. The van der Waals surface area contributed by atoms with E-state index in [-0.39, 0.29) is 17.4 Å². The van der Waals surface area contributed by atoms with Gasteiger partial charge in [-0.2, -0.15) is 0 Å². The van der Waals surface area contributed by atoms with Crippen molar-refractivity contribution in [1.29, 1.82) is 0 Å². The molecule has 2 saturated carbocycles. The van der Waals surface area contributed by atoms with Crippen LogP contribution in [0.2, 0.25) is 0 Å². The fourth-order valence-electron chi connectivity index (χ4n) is 5.00. The van der Waals surface area contributed by atoms with Crippen molar-refractivity contribution in [3.63, 3.8) is 0 Å². The van der Waals surface area contributed by atoms with Crippen LogP contribution in [-0.4, -0.2) is 21.9 Å². The van der Waals surface area contributed by atoms with E-state index in [9.17, 15) is 10.2 Å². The van der Waals surface area contributed by atoms with Gasteiger partial charge in [0.25, 0.3) is 0 Å². The van der Waals surface area contributed by atoms with Gasteiger partial charge in [0, 0.05) is 11.3 Å². The number of hydrogen-bond acceptors (Lipinski definition) is 2. The van der Waals surface area contributed by atoms with Crippen LogP contribution in [0.3, 0.4) is 0 Å². The summed E-state index contributed by atoms with van der Waals surface area (Å²) >= 11 is 0. The average molecular weight is 270 g/mol. The molecule has 1 aromatic carbocycles. The largest absolute Gasteiger partial charge is 0.392 e. The van der Waals surface area contributed by atoms with E-state index >= 15 is 0 Å². The standard InChI is InChI=1S/C18H22O2/c1-17-10-8-14-13-5-3-2-4-12(13)6-7-15(14)18(17,20)11-9-16(17)19/h2-7,14-16,19-20H,8-11H2,1H3/t14-,15+,16+,17+,18-/m0/s1. The quantitative estimate of drug-likeness (QED) is 0.760. The minimum atomic E-state index is -0.751. The Labute approximate surface area is 120 Å². The number of hydrogen-bond donors (Lipinski definition) is 2. The highest BCUT2D eigenvalue weighted by Gasteiger charge is 2.63. The SMILES string of the molecule is C[C@]12CC[C@H]3c4ccccc4C=C[C@H]3[C@@]1(O)CC[C@H]2O. The van der Waals surface area contributed by atoms with Crippen LogP contribution < -0.4 is 0 Å². The van der Waals surface area contributed by atoms with Gasteiger partial charge in [-0.3, -0.25) is 0 Å². The summed E-state index contributed by atoms with van der Waals surface area (Å²) in [6, 6.07) is 8.53. The number of benzene rings is 1. The van der Waals surface area contributed by atoms with Crippen LogP contribution >= 0.6 is 0 Å². The van der Waals surface area contributed by atoms with Crippen molar-refractivity contribution in [1.82, 2.24) is 0 Å². The second kappa shape index (κ2) is 3.96. The zero-order valence-electron chi connectivity index (χ0n) is 11.9. The number of fused-ring (bicyclic) bond motifs is 5. The highest BCUT2D eigenvalue weighted by atomic mass is 16.3. The lowest BCUT2D eigenvalue weighted by Gasteiger charge is -2.53. The third-order valence-corrected chi connectivity index (χ3v) is 6.36. The van der Waals surface area contributed by atoms with Crippen molar-refractivity contribution in [2.75, 3.05) is 0 Å². The zero-order valence-corrected chi connectivity index (χ0v) is 11.9. The van der Waals surface area contributed by atoms with Gasteiger partial charge < -0.3 is 10.2 Å². The summed E-state index contributed by atoms with van der Waals surface area (Å²) in [4.78, 5) is 0. The van der Waals surface area contributed by atoms with Crippen molar-refractivity contribution in [2.24, 2.45) is 11.3 Å². The van der Waals surface area contributed by atoms with Gasteiger partial charge in [0.05, 0.1) is 11.7 Å². The number of aliphatic hydroxyl groups excluding tert-OH is 1. The van der Waals surface area contributed by atoms with Gasteiger partial charge in [-0.15, -0.1) is 0 Å². The second-order valence-electron chi connectivity index (χ2n) is 7.06. The third kappa shape index (κ3) is 1.36. The van der Waals surface area contributed by atoms with Crippen LogP contribution in [0.15, 0.2) is 30.3 Å². The smallest absolute Gasteiger partial charge is 0.0794 e. The Morgan fingerprint density at radius 3 is 2.80 bits per heavy atom. The first-order valence-electron chi connectivity index (χ1n) is 7.74. The van der Waals surface area contributed by atoms with Crippen molar-refractivity contribution in [2.45, 2.75) is 50.2 Å². The Morgan fingerprint density at radius 2 is 1.95 bits per heavy atom. The summed E-state index contributed by atoms with van der Waals surface area (Å²) in [5.74, 6) is 0.549. The lowest BCUT2D eigenvalue weighted by Crippen LogP contribution is -2.56. The van der Waals surface area contributed by atoms with Crippen LogP contribution in [0, 0.1) is 11.3 Å². The third-order valence-electron chi connectivity index (χ3n) is 6.36. The minimum Gasteiger partial charge on any atom is -0.392 e. The van der Waals surface area contributed by atoms with Crippen LogP contribution in [-0.2, 0) is 0 Å². The van der Waals surface area contributed by atoms with Crippen LogP contribution in [0.25, 0.3) is 6.08 Å². The first-order valence-corrected chi connectivity index (χ1v) is 7.74. The molecule has 3 aliphatic carbocycles. The van der Waals surface area contributed by atoms with E-state index in [1.54, 1.807) is 0 Å². The monoisotopic (exact) mass is 270 g/mol. The molecule has 0 unspecified atom stereocenters. The topological polar surface area (TPSA) is 40.5 Å². The second-order valence-corrected chi connectivity index (χ2v) is 7.06. The Kier molecular flexibility index (Phi) is 2.49. The highest BCUT2D eigenvalue weighted by molar-refractivity contribution is 5.59.